The Balaban J connectivity index is 1.15. The lowest BCUT2D eigenvalue weighted by Crippen LogP contribution is -2.36. The molecule has 1 aliphatic carbocycles. The summed E-state index contributed by atoms with van der Waals surface area (Å²) in [6.45, 7) is 4.34. The molecule has 0 unspecified atom stereocenters. The number of nitrogens with zero attached hydrogens (tertiary/aromatic N) is 2. The number of rotatable bonds is 8. The van der Waals surface area contributed by atoms with E-state index in [2.05, 4.69) is 22.3 Å². The minimum atomic E-state index is -0.433. The molecular formula is C30H37N3O4. The number of amides is 2. The predicted molar refractivity (Wildman–Crippen MR) is 141 cm³/mol. The number of hydrogen-bond donors (Lipinski definition) is 1. The first-order valence-corrected chi connectivity index (χ1v) is 13.6. The summed E-state index contributed by atoms with van der Waals surface area (Å²) in [5.74, 6) is 0.818. The lowest BCUT2D eigenvalue weighted by Gasteiger charge is -2.25. The Hall–Kier alpha value is -3.19. The molecule has 196 valence electrons. The second-order valence-corrected chi connectivity index (χ2v) is 10.8. The summed E-state index contributed by atoms with van der Waals surface area (Å²) in [4.78, 5) is 42.3. The van der Waals surface area contributed by atoms with Crippen LogP contribution in [0.1, 0.15) is 64.4 Å². The molecule has 5 rings (SSSR count). The normalized spacial score (nSPS) is 22.6. The number of methoxy groups -OCH3 is 1. The van der Waals surface area contributed by atoms with Crippen LogP contribution in [0.3, 0.4) is 0 Å². The van der Waals surface area contributed by atoms with Crippen LogP contribution in [0.4, 0.5) is 0 Å². The zero-order valence-electron chi connectivity index (χ0n) is 21.6. The first kappa shape index (κ1) is 25.5. The van der Waals surface area contributed by atoms with Crippen LogP contribution in [0.25, 0.3) is 0 Å². The molecule has 3 aliphatic rings. The van der Waals surface area contributed by atoms with Crippen molar-refractivity contribution in [3.8, 4) is 0 Å². The molecule has 3 fully saturated rings. The van der Waals surface area contributed by atoms with Gasteiger partial charge in [0.1, 0.15) is 0 Å². The van der Waals surface area contributed by atoms with Crippen molar-refractivity contribution in [2.45, 2.75) is 38.1 Å². The Labute approximate surface area is 219 Å². The van der Waals surface area contributed by atoms with Gasteiger partial charge in [-0.15, -0.1) is 0 Å². The fourth-order valence-electron chi connectivity index (χ4n) is 6.32. The van der Waals surface area contributed by atoms with Gasteiger partial charge >= 0.3 is 5.97 Å². The summed E-state index contributed by atoms with van der Waals surface area (Å²) in [5.41, 5.74) is 2.09. The Morgan fingerprint density at radius 3 is 2.27 bits per heavy atom. The minimum absolute atomic E-state index is 0.0227. The molecule has 0 aromatic heterocycles. The van der Waals surface area contributed by atoms with Gasteiger partial charge in [0.15, 0.2) is 0 Å². The predicted octanol–water partition coefficient (Wildman–Crippen LogP) is 3.91. The van der Waals surface area contributed by atoms with Gasteiger partial charge in [-0.3, -0.25) is 9.59 Å². The summed E-state index contributed by atoms with van der Waals surface area (Å²) in [6, 6.07) is 17.1. The van der Waals surface area contributed by atoms with Crippen LogP contribution >= 0.6 is 0 Å². The molecule has 37 heavy (non-hydrogen) atoms. The van der Waals surface area contributed by atoms with Crippen molar-refractivity contribution in [1.29, 1.82) is 0 Å². The lowest BCUT2D eigenvalue weighted by molar-refractivity contribution is -0.125. The molecule has 2 heterocycles. The summed E-state index contributed by atoms with van der Waals surface area (Å²) in [6.07, 6.45) is 5.20. The van der Waals surface area contributed by atoms with Crippen LogP contribution in [0.2, 0.25) is 0 Å². The van der Waals surface area contributed by atoms with Crippen LogP contribution in [-0.4, -0.2) is 67.4 Å². The van der Waals surface area contributed by atoms with Crippen LogP contribution in [0.15, 0.2) is 54.6 Å². The lowest BCUT2D eigenvalue weighted by atomic mass is 10.0. The number of hydrogen-bond acceptors (Lipinski definition) is 5. The van der Waals surface area contributed by atoms with Crippen LogP contribution in [0, 0.1) is 17.8 Å². The van der Waals surface area contributed by atoms with E-state index < -0.39 is 5.97 Å². The van der Waals surface area contributed by atoms with Crippen molar-refractivity contribution in [2.24, 2.45) is 17.8 Å². The minimum Gasteiger partial charge on any atom is -0.465 e. The Morgan fingerprint density at radius 2 is 1.59 bits per heavy atom. The Bertz CT molecular complexity index is 1100. The average Bonchev–Trinajstić information content (AvgIpc) is 3.68. The van der Waals surface area contributed by atoms with Gasteiger partial charge in [0.05, 0.1) is 18.7 Å². The number of ether oxygens (including phenoxy) is 1. The van der Waals surface area contributed by atoms with Crippen molar-refractivity contribution in [1.82, 2.24) is 15.1 Å². The third-order valence-corrected chi connectivity index (χ3v) is 8.36. The summed E-state index contributed by atoms with van der Waals surface area (Å²) in [7, 11) is 1.34. The average molecular weight is 504 g/mol. The number of esters is 1. The molecule has 0 spiro atoms. The van der Waals surface area contributed by atoms with Crippen molar-refractivity contribution in [2.75, 3.05) is 39.8 Å². The Kier molecular flexibility index (Phi) is 7.89. The highest BCUT2D eigenvalue weighted by Gasteiger charge is 2.41. The number of nitrogens with one attached hydrogen (secondary N) is 1. The topological polar surface area (TPSA) is 79.0 Å². The molecule has 2 saturated heterocycles. The van der Waals surface area contributed by atoms with Gasteiger partial charge in [0, 0.05) is 44.2 Å². The van der Waals surface area contributed by atoms with E-state index in [1.54, 1.807) is 24.3 Å². The quantitative estimate of drug-likeness (QED) is 0.553. The third-order valence-electron chi connectivity index (χ3n) is 8.36. The molecule has 3 atom stereocenters. The van der Waals surface area contributed by atoms with Crippen LogP contribution in [0.5, 0.6) is 0 Å². The van der Waals surface area contributed by atoms with Crippen molar-refractivity contribution >= 4 is 17.8 Å². The fourth-order valence-corrected chi connectivity index (χ4v) is 6.32. The van der Waals surface area contributed by atoms with E-state index in [9.17, 15) is 14.4 Å². The largest absolute Gasteiger partial charge is 0.465 e. The molecule has 0 radical (unpaired) electrons. The zero-order valence-corrected chi connectivity index (χ0v) is 21.6. The van der Waals surface area contributed by atoms with Gasteiger partial charge in [-0.05, 0) is 54.9 Å². The van der Waals surface area contributed by atoms with Gasteiger partial charge in [-0.25, -0.2) is 4.79 Å². The van der Waals surface area contributed by atoms with E-state index in [1.807, 2.05) is 23.1 Å². The molecule has 1 N–H and O–H groups in total. The maximum atomic E-state index is 13.1. The summed E-state index contributed by atoms with van der Waals surface area (Å²) < 4.78 is 4.79. The molecule has 7 nitrogen and oxygen atoms in total. The van der Waals surface area contributed by atoms with Crippen molar-refractivity contribution < 1.29 is 19.1 Å². The first-order chi connectivity index (χ1) is 18.0. The molecule has 7 heteroatoms. The highest BCUT2D eigenvalue weighted by molar-refractivity contribution is 5.98. The van der Waals surface area contributed by atoms with E-state index in [4.69, 9.17) is 4.74 Å². The number of likely N-dealkylation sites (tertiary alicyclic amines) is 2. The van der Waals surface area contributed by atoms with Crippen LogP contribution < -0.4 is 5.32 Å². The summed E-state index contributed by atoms with van der Waals surface area (Å²) >= 11 is 0. The maximum absolute atomic E-state index is 13.1. The van der Waals surface area contributed by atoms with Gasteiger partial charge in [0.2, 0.25) is 5.91 Å². The second kappa shape index (κ2) is 11.5. The number of fused-ring (bicyclic) bond motifs is 1. The molecule has 2 aromatic carbocycles. The van der Waals surface area contributed by atoms with Gasteiger partial charge in [-0.2, -0.15) is 0 Å². The second-order valence-electron chi connectivity index (χ2n) is 10.8. The van der Waals surface area contributed by atoms with E-state index in [1.165, 1.54) is 12.7 Å². The monoisotopic (exact) mass is 503 g/mol. The number of benzene rings is 2. The van der Waals surface area contributed by atoms with E-state index in [0.29, 0.717) is 23.0 Å². The van der Waals surface area contributed by atoms with Crippen molar-refractivity contribution in [3.05, 3.63) is 71.3 Å². The van der Waals surface area contributed by atoms with Crippen LogP contribution in [-0.2, 0) is 9.53 Å². The molecule has 2 amide bonds. The standard InChI is InChI=1S/C30H37N3O4/c1-37-30(36)24-13-7-12-23(16-24)29(35)33-19-25-17-32(18-26(25)20-33)15-14-27(21-8-3-2-4-9-21)31-28(34)22-10-5-6-11-22/h2-4,7-9,12-13,16,22,25-27H,5-6,10-11,14-15,17-20H2,1H3,(H,31,34)/t25-,26+,27-/m0/s1. The SMILES string of the molecule is COC(=O)c1cccc(C(=O)N2C[C@H]3CN(CC[C@H](NC(=O)C4CCCC4)c4ccccc4)C[C@H]3C2)c1. The van der Waals surface area contributed by atoms with Gasteiger partial charge < -0.3 is 19.9 Å². The van der Waals surface area contributed by atoms with E-state index in [0.717, 1.165) is 64.8 Å². The van der Waals surface area contributed by atoms with Crippen molar-refractivity contribution in [3.63, 3.8) is 0 Å². The van der Waals surface area contributed by atoms with E-state index >= 15 is 0 Å². The molecule has 1 saturated carbocycles. The van der Waals surface area contributed by atoms with Gasteiger partial charge in [0.25, 0.3) is 5.91 Å². The first-order valence-electron chi connectivity index (χ1n) is 13.6. The highest BCUT2D eigenvalue weighted by atomic mass is 16.5. The maximum Gasteiger partial charge on any atom is 0.337 e. The van der Waals surface area contributed by atoms with Gasteiger partial charge in [-0.1, -0.05) is 49.2 Å². The fraction of sp³-hybridized carbons (Fsp3) is 0.500. The molecule has 2 aliphatic heterocycles. The number of carbonyl (C=O) groups is 3. The smallest absolute Gasteiger partial charge is 0.337 e. The molecular weight excluding hydrogens is 466 g/mol. The van der Waals surface area contributed by atoms with E-state index in [-0.39, 0.29) is 23.8 Å². The third kappa shape index (κ3) is 5.87. The zero-order chi connectivity index (χ0) is 25.8. The molecule has 0 bridgehead atoms. The molecule has 2 aromatic rings. The number of carbonyl (C=O) groups excluding carboxylic acids is 3. The Morgan fingerprint density at radius 1 is 0.919 bits per heavy atom. The summed E-state index contributed by atoms with van der Waals surface area (Å²) in [5, 5.41) is 3.35. The highest BCUT2D eigenvalue weighted by Crippen LogP contribution is 2.33.